The first-order valence-electron chi connectivity index (χ1n) is 11.8. The second-order valence-electron chi connectivity index (χ2n) is 8.57. The van der Waals surface area contributed by atoms with Crippen LogP contribution in [0.25, 0.3) is 22.4 Å². The van der Waals surface area contributed by atoms with Gasteiger partial charge in [-0.3, -0.25) is 4.79 Å². The van der Waals surface area contributed by atoms with Gasteiger partial charge in [-0.25, -0.2) is 4.98 Å². The Kier molecular flexibility index (Phi) is 6.61. The molecule has 8 nitrogen and oxygen atoms in total. The number of carbonyl (C=O) groups is 1. The molecular weight excluding hydrogens is 448 g/mol. The largest absolute Gasteiger partial charge is 0.493 e. The fraction of sp³-hybridized carbons (Fsp3) is 0.333. The first kappa shape index (κ1) is 22.8. The van der Waals surface area contributed by atoms with E-state index in [-0.39, 0.29) is 6.54 Å². The van der Waals surface area contributed by atoms with Gasteiger partial charge in [0.25, 0.3) is 0 Å². The normalized spacial score (nSPS) is 12.9. The van der Waals surface area contributed by atoms with Crippen LogP contribution in [0.2, 0.25) is 0 Å². The standard InChI is InChI=1S/C27H28N2O6/c1-32-25-16-19(27-28-21-5-2-3-6-23(21)35-27)7-10-24(25)34-14-4-13-33-20-8-9-22-18(15-20)11-12-29(22)17-26(30)31/h7-12,15-16H,2-6,13-14,17H2,1H3,(H,30,31). The fourth-order valence-corrected chi connectivity index (χ4v) is 4.38. The Bertz CT molecular complexity index is 1320. The topological polar surface area (TPSA) is 96.0 Å². The molecule has 0 spiro atoms. The summed E-state index contributed by atoms with van der Waals surface area (Å²) < 4.78 is 25.0. The van der Waals surface area contributed by atoms with Crippen molar-refractivity contribution < 1.29 is 28.5 Å². The Hall–Kier alpha value is -3.94. The number of methoxy groups -OCH3 is 1. The lowest BCUT2D eigenvalue weighted by Gasteiger charge is -2.12. The van der Waals surface area contributed by atoms with E-state index >= 15 is 0 Å². The lowest BCUT2D eigenvalue weighted by atomic mass is 10.0. The molecule has 4 aromatic rings. The van der Waals surface area contributed by atoms with E-state index in [0.717, 1.165) is 59.4 Å². The lowest BCUT2D eigenvalue weighted by Crippen LogP contribution is -2.07. The van der Waals surface area contributed by atoms with Crippen molar-refractivity contribution in [2.75, 3.05) is 20.3 Å². The molecule has 0 amide bonds. The van der Waals surface area contributed by atoms with E-state index in [4.69, 9.17) is 23.7 Å². The minimum absolute atomic E-state index is 0.0639. The van der Waals surface area contributed by atoms with Crippen molar-refractivity contribution in [3.05, 3.63) is 60.1 Å². The van der Waals surface area contributed by atoms with Crippen molar-refractivity contribution in [2.24, 2.45) is 0 Å². The Morgan fingerprint density at radius 2 is 1.91 bits per heavy atom. The summed E-state index contributed by atoms with van der Waals surface area (Å²) in [6.07, 6.45) is 6.70. The quantitative estimate of drug-likeness (QED) is 0.318. The van der Waals surface area contributed by atoms with Crippen LogP contribution in [0.4, 0.5) is 0 Å². The smallest absolute Gasteiger partial charge is 0.323 e. The second kappa shape index (κ2) is 10.1. The summed E-state index contributed by atoms with van der Waals surface area (Å²) in [7, 11) is 1.62. The maximum Gasteiger partial charge on any atom is 0.323 e. The Morgan fingerprint density at radius 3 is 2.74 bits per heavy atom. The van der Waals surface area contributed by atoms with Crippen LogP contribution in [0, 0.1) is 0 Å². The molecule has 0 bridgehead atoms. The molecule has 2 aromatic carbocycles. The zero-order chi connectivity index (χ0) is 24.2. The van der Waals surface area contributed by atoms with Crippen LogP contribution in [-0.4, -0.2) is 41.0 Å². The Morgan fingerprint density at radius 1 is 1.06 bits per heavy atom. The molecule has 5 rings (SSSR count). The molecule has 2 aromatic heterocycles. The van der Waals surface area contributed by atoms with Gasteiger partial charge in [0.15, 0.2) is 11.5 Å². The van der Waals surface area contributed by atoms with Gasteiger partial charge in [0.2, 0.25) is 5.89 Å². The zero-order valence-electron chi connectivity index (χ0n) is 19.7. The zero-order valence-corrected chi connectivity index (χ0v) is 19.7. The average Bonchev–Trinajstić information content (AvgIpc) is 3.47. The SMILES string of the molecule is COc1cc(-c2nc3c(o2)CCCC3)ccc1OCCCOc1ccc2c(ccn2CC(=O)O)c1. The van der Waals surface area contributed by atoms with Crippen molar-refractivity contribution in [2.45, 2.75) is 38.6 Å². The van der Waals surface area contributed by atoms with Gasteiger partial charge in [-0.2, -0.15) is 0 Å². The number of carboxylic acid groups (broad SMARTS) is 1. The summed E-state index contributed by atoms with van der Waals surface area (Å²) >= 11 is 0. The van der Waals surface area contributed by atoms with Crippen LogP contribution in [-0.2, 0) is 24.2 Å². The van der Waals surface area contributed by atoms with Gasteiger partial charge in [-0.15, -0.1) is 0 Å². The third kappa shape index (κ3) is 5.11. The van der Waals surface area contributed by atoms with Crippen LogP contribution >= 0.6 is 0 Å². The van der Waals surface area contributed by atoms with Gasteiger partial charge in [0.1, 0.15) is 18.1 Å². The van der Waals surface area contributed by atoms with Gasteiger partial charge in [0, 0.05) is 35.5 Å². The summed E-state index contributed by atoms with van der Waals surface area (Å²) in [4.78, 5) is 15.6. The molecule has 2 heterocycles. The molecule has 0 saturated heterocycles. The molecule has 0 atom stereocenters. The lowest BCUT2D eigenvalue weighted by molar-refractivity contribution is -0.137. The predicted octanol–water partition coefficient (Wildman–Crippen LogP) is 5.12. The van der Waals surface area contributed by atoms with Crippen LogP contribution in [0.3, 0.4) is 0 Å². The summed E-state index contributed by atoms with van der Waals surface area (Å²) in [5, 5.41) is 9.95. The molecule has 0 radical (unpaired) electrons. The monoisotopic (exact) mass is 476 g/mol. The highest BCUT2D eigenvalue weighted by molar-refractivity contribution is 5.83. The first-order valence-corrected chi connectivity index (χ1v) is 11.8. The maximum absolute atomic E-state index is 11.0. The highest BCUT2D eigenvalue weighted by atomic mass is 16.5. The summed E-state index contributed by atoms with van der Waals surface area (Å²) in [5.41, 5.74) is 2.81. The number of benzene rings is 2. The number of aromatic nitrogens is 2. The Balaban J connectivity index is 1.14. The minimum Gasteiger partial charge on any atom is -0.493 e. The molecule has 0 saturated carbocycles. The molecule has 8 heteroatoms. The highest BCUT2D eigenvalue weighted by Gasteiger charge is 2.19. The number of oxazole rings is 1. The highest BCUT2D eigenvalue weighted by Crippen LogP contribution is 2.34. The number of carboxylic acids is 1. The number of rotatable bonds is 10. The molecule has 1 N–H and O–H groups in total. The van der Waals surface area contributed by atoms with E-state index in [1.165, 1.54) is 0 Å². The van der Waals surface area contributed by atoms with Crippen LogP contribution in [0.15, 0.2) is 53.1 Å². The third-order valence-corrected chi connectivity index (χ3v) is 6.12. The molecule has 0 fully saturated rings. The third-order valence-electron chi connectivity index (χ3n) is 6.12. The molecule has 1 aliphatic rings. The number of hydrogen-bond donors (Lipinski definition) is 1. The van der Waals surface area contributed by atoms with Crippen LogP contribution < -0.4 is 14.2 Å². The molecule has 182 valence electrons. The van der Waals surface area contributed by atoms with E-state index in [2.05, 4.69) is 4.98 Å². The number of aliphatic carboxylic acids is 1. The van der Waals surface area contributed by atoms with Gasteiger partial charge in [-0.05, 0) is 61.7 Å². The number of nitrogens with zero attached hydrogens (tertiary/aromatic N) is 2. The van der Waals surface area contributed by atoms with E-state index in [9.17, 15) is 4.79 Å². The van der Waals surface area contributed by atoms with Gasteiger partial charge < -0.3 is 28.3 Å². The number of aryl methyl sites for hydroxylation is 2. The van der Waals surface area contributed by atoms with Crippen molar-refractivity contribution in [1.82, 2.24) is 9.55 Å². The molecule has 1 aliphatic carbocycles. The van der Waals surface area contributed by atoms with Crippen molar-refractivity contribution in [3.63, 3.8) is 0 Å². The molecular formula is C27H28N2O6. The van der Waals surface area contributed by atoms with E-state index in [0.29, 0.717) is 37.0 Å². The van der Waals surface area contributed by atoms with Gasteiger partial charge in [0.05, 0.1) is 26.0 Å². The molecule has 0 unspecified atom stereocenters. The summed E-state index contributed by atoms with van der Waals surface area (Å²) in [5.74, 6) is 2.80. The van der Waals surface area contributed by atoms with Crippen molar-refractivity contribution in [3.8, 4) is 28.7 Å². The van der Waals surface area contributed by atoms with E-state index in [1.807, 2.05) is 42.5 Å². The molecule has 0 aliphatic heterocycles. The molecule has 35 heavy (non-hydrogen) atoms. The van der Waals surface area contributed by atoms with Crippen molar-refractivity contribution in [1.29, 1.82) is 0 Å². The van der Waals surface area contributed by atoms with E-state index in [1.54, 1.807) is 17.9 Å². The predicted molar refractivity (Wildman–Crippen MR) is 130 cm³/mol. The number of hydrogen-bond acceptors (Lipinski definition) is 6. The van der Waals surface area contributed by atoms with Gasteiger partial charge >= 0.3 is 5.97 Å². The Labute approximate surface area is 203 Å². The number of fused-ring (bicyclic) bond motifs is 2. The van der Waals surface area contributed by atoms with Crippen LogP contribution in [0.1, 0.15) is 30.7 Å². The average molecular weight is 477 g/mol. The second-order valence-corrected chi connectivity index (χ2v) is 8.57. The van der Waals surface area contributed by atoms with Crippen LogP contribution in [0.5, 0.6) is 17.2 Å². The minimum atomic E-state index is -0.870. The maximum atomic E-state index is 11.0. The van der Waals surface area contributed by atoms with Gasteiger partial charge in [-0.1, -0.05) is 0 Å². The fourth-order valence-electron chi connectivity index (χ4n) is 4.38. The summed E-state index contributed by atoms with van der Waals surface area (Å²) in [6.45, 7) is 0.898. The van der Waals surface area contributed by atoms with E-state index < -0.39 is 5.97 Å². The van der Waals surface area contributed by atoms with Crippen molar-refractivity contribution >= 4 is 16.9 Å². The summed E-state index contributed by atoms with van der Waals surface area (Å²) in [6, 6.07) is 13.2. The first-order chi connectivity index (χ1) is 17.1. The number of ether oxygens (including phenoxy) is 3.